The van der Waals surface area contributed by atoms with Crippen molar-refractivity contribution in [2.75, 3.05) is 11.4 Å². The number of aromatic carboxylic acids is 1. The predicted molar refractivity (Wildman–Crippen MR) is 64.3 cm³/mol. The van der Waals surface area contributed by atoms with Gasteiger partial charge >= 0.3 is 5.97 Å². The first-order chi connectivity index (χ1) is 8.22. The van der Waals surface area contributed by atoms with Crippen LogP contribution in [0.15, 0.2) is 12.1 Å². The Morgan fingerprint density at radius 2 is 2.29 bits per heavy atom. The number of carboxylic acid groups (broad SMARTS) is 1. The summed E-state index contributed by atoms with van der Waals surface area (Å²) in [5, 5.41) is 16.5. The molecule has 1 aliphatic heterocycles. The highest BCUT2D eigenvalue weighted by atomic mass is 16.4. The van der Waals surface area contributed by atoms with Crippen LogP contribution >= 0.6 is 0 Å². The van der Waals surface area contributed by atoms with Crippen LogP contribution in [0.5, 0.6) is 0 Å². The molecule has 5 nitrogen and oxygen atoms in total. The normalized spacial score (nSPS) is 20.3. The first-order valence-corrected chi connectivity index (χ1v) is 6.06. The zero-order chi connectivity index (χ0) is 12.3. The molecule has 1 aliphatic rings. The van der Waals surface area contributed by atoms with Gasteiger partial charge in [-0.1, -0.05) is 6.92 Å². The number of hydrogen-bond donors (Lipinski definition) is 1. The molecule has 1 unspecified atom stereocenters. The lowest BCUT2D eigenvalue weighted by Crippen LogP contribution is -2.39. The second-order valence-electron chi connectivity index (χ2n) is 4.33. The van der Waals surface area contributed by atoms with E-state index in [1.165, 1.54) is 25.3 Å². The molecule has 2 rings (SSSR count). The Morgan fingerprint density at radius 1 is 1.47 bits per heavy atom. The van der Waals surface area contributed by atoms with E-state index in [1.807, 2.05) is 0 Å². The molecule has 0 aliphatic carbocycles. The van der Waals surface area contributed by atoms with Gasteiger partial charge in [0.05, 0.1) is 0 Å². The van der Waals surface area contributed by atoms with E-state index < -0.39 is 5.97 Å². The fourth-order valence-corrected chi connectivity index (χ4v) is 2.32. The van der Waals surface area contributed by atoms with Crippen LogP contribution < -0.4 is 4.90 Å². The van der Waals surface area contributed by atoms with Crippen molar-refractivity contribution in [2.24, 2.45) is 0 Å². The summed E-state index contributed by atoms with van der Waals surface area (Å²) in [4.78, 5) is 12.9. The van der Waals surface area contributed by atoms with Crippen molar-refractivity contribution in [3.8, 4) is 0 Å². The van der Waals surface area contributed by atoms with Gasteiger partial charge in [0, 0.05) is 12.6 Å². The molecule has 17 heavy (non-hydrogen) atoms. The van der Waals surface area contributed by atoms with Crippen molar-refractivity contribution in [3.05, 3.63) is 17.8 Å². The van der Waals surface area contributed by atoms with Crippen LogP contribution in [-0.4, -0.2) is 33.9 Å². The van der Waals surface area contributed by atoms with Crippen LogP contribution in [0, 0.1) is 0 Å². The molecule has 1 aromatic rings. The highest BCUT2D eigenvalue weighted by molar-refractivity contribution is 5.85. The van der Waals surface area contributed by atoms with E-state index in [-0.39, 0.29) is 5.69 Å². The first-order valence-electron chi connectivity index (χ1n) is 6.06. The Hall–Kier alpha value is -1.65. The van der Waals surface area contributed by atoms with Gasteiger partial charge in [-0.25, -0.2) is 4.79 Å². The summed E-state index contributed by atoms with van der Waals surface area (Å²) in [5.74, 6) is -0.240. The maximum Gasteiger partial charge on any atom is 0.356 e. The molecule has 92 valence electrons. The molecule has 0 saturated carbocycles. The lowest BCUT2D eigenvalue weighted by molar-refractivity contribution is 0.0689. The van der Waals surface area contributed by atoms with Crippen LogP contribution in [0.25, 0.3) is 0 Å². The van der Waals surface area contributed by atoms with Crippen molar-refractivity contribution in [1.82, 2.24) is 10.2 Å². The number of nitrogens with zero attached hydrogens (tertiary/aromatic N) is 3. The van der Waals surface area contributed by atoms with E-state index >= 15 is 0 Å². The van der Waals surface area contributed by atoms with Crippen LogP contribution in [0.1, 0.15) is 43.1 Å². The third kappa shape index (κ3) is 2.54. The summed E-state index contributed by atoms with van der Waals surface area (Å²) < 4.78 is 0. The van der Waals surface area contributed by atoms with Crippen molar-refractivity contribution < 1.29 is 9.90 Å². The van der Waals surface area contributed by atoms with Crippen LogP contribution in [0.4, 0.5) is 5.82 Å². The SMILES string of the molecule is CCC1CCCCN1c1ccc(C(=O)O)nn1. The van der Waals surface area contributed by atoms with Gasteiger partial charge in [-0.05, 0) is 37.8 Å². The van der Waals surface area contributed by atoms with Crippen LogP contribution in [-0.2, 0) is 0 Å². The molecule has 0 radical (unpaired) electrons. The number of aromatic nitrogens is 2. The van der Waals surface area contributed by atoms with E-state index in [4.69, 9.17) is 5.11 Å². The number of carbonyl (C=O) groups is 1. The summed E-state index contributed by atoms with van der Waals surface area (Å²) in [6, 6.07) is 3.78. The van der Waals surface area contributed by atoms with E-state index in [9.17, 15) is 4.79 Å². The average molecular weight is 235 g/mol. The third-order valence-corrected chi connectivity index (χ3v) is 3.26. The van der Waals surface area contributed by atoms with Gasteiger partial charge < -0.3 is 10.0 Å². The second-order valence-corrected chi connectivity index (χ2v) is 4.33. The monoisotopic (exact) mass is 235 g/mol. The van der Waals surface area contributed by atoms with Crippen molar-refractivity contribution in [1.29, 1.82) is 0 Å². The van der Waals surface area contributed by atoms with Gasteiger partial charge in [-0.15, -0.1) is 10.2 Å². The molecule has 1 N–H and O–H groups in total. The summed E-state index contributed by atoms with van der Waals surface area (Å²) in [5.41, 5.74) is -0.00110. The van der Waals surface area contributed by atoms with E-state index in [0.29, 0.717) is 6.04 Å². The summed E-state index contributed by atoms with van der Waals surface area (Å²) in [6.07, 6.45) is 4.69. The molecule has 0 bridgehead atoms. The molecule has 5 heteroatoms. The van der Waals surface area contributed by atoms with Gasteiger partial charge in [0.2, 0.25) is 0 Å². The Kier molecular flexibility index (Phi) is 3.56. The van der Waals surface area contributed by atoms with Crippen molar-refractivity contribution in [2.45, 2.75) is 38.6 Å². The smallest absolute Gasteiger partial charge is 0.356 e. The van der Waals surface area contributed by atoms with Gasteiger partial charge in [-0.3, -0.25) is 0 Å². The second kappa shape index (κ2) is 5.12. The minimum absolute atomic E-state index is 0.00110. The Bertz CT molecular complexity index is 391. The average Bonchev–Trinajstić information content (AvgIpc) is 2.39. The summed E-state index contributed by atoms with van der Waals surface area (Å²) in [6.45, 7) is 3.15. The summed E-state index contributed by atoms with van der Waals surface area (Å²) in [7, 11) is 0. The largest absolute Gasteiger partial charge is 0.476 e. The molecule has 1 atom stereocenters. The van der Waals surface area contributed by atoms with Gasteiger partial charge in [0.25, 0.3) is 0 Å². The lowest BCUT2D eigenvalue weighted by atomic mass is 10.0. The fraction of sp³-hybridized carbons (Fsp3) is 0.583. The maximum atomic E-state index is 10.7. The molecule has 1 fully saturated rings. The maximum absolute atomic E-state index is 10.7. The Balaban J connectivity index is 2.17. The first kappa shape index (κ1) is 11.8. The zero-order valence-corrected chi connectivity index (χ0v) is 9.96. The Morgan fingerprint density at radius 3 is 2.88 bits per heavy atom. The minimum Gasteiger partial charge on any atom is -0.476 e. The van der Waals surface area contributed by atoms with Crippen molar-refractivity contribution in [3.63, 3.8) is 0 Å². The number of anilines is 1. The molecule has 1 saturated heterocycles. The molecule has 0 amide bonds. The lowest BCUT2D eigenvalue weighted by Gasteiger charge is -2.35. The Labute approximate surface area is 100 Å². The zero-order valence-electron chi connectivity index (χ0n) is 9.96. The van der Waals surface area contributed by atoms with E-state index in [0.717, 1.165) is 18.8 Å². The summed E-state index contributed by atoms with van der Waals surface area (Å²) >= 11 is 0. The van der Waals surface area contributed by atoms with Crippen LogP contribution in [0.3, 0.4) is 0 Å². The molecular weight excluding hydrogens is 218 g/mol. The predicted octanol–water partition coefficient (Wildman–Crippen LogP) is 1.94. The highest BCUT2D eigenvalue weighted by Crippen LogP contribution is 2.24. The number of piperidine rings is 1. The highest BCUT2D eigenvalue weighted by Gasteiger charge is 2.22. The third-order valence-electron chi connectivity index (χ3n) is 3.26. The standard InChI is InChI=1S/C12H17N3O2/c1-2-9-5-3-4-8-15(9)11-7-6-10(12(16)17)13-14-11/h6-7,9H,2-5,8H2,1H3,(H,16,17). The molecule has 0 spiro atoms. The number of rotatable bonds is 3. The van der Waals surface area contributed by atoms with Gasteiger partial charge in [0.15, 0.2) is 11.5 Å². The number of hydrogen-bond acceptors (Lipinski definition) is 4. The molecule has 2 heterocycles. The minimum atomic E-state index is -1.03. The number of carboxylic acids is 1. The topological polar surface area (TPSA) is 66.3 Å². The van der Waals surface area contributed by atoms with E-state index in [2.05, 4.69) is 22.0 Å². The van der Waals surface area contributed by atoms with Crippen LogP contribution in [0.2, 0.25) is 0 Å². The van der Waals surface area contributed by atoms with Crippen molar-refractivity contribution >= 4 is 11.8 Å². The van der Waals surface area contributed by atoms with Gasteiger partial charge in [0.1, 0.15) is 0 Å². The molecule has 1 aromatic heterocycles. The fourth-order valence-electron chi connectivity index (χ4n) is 2.32. The molecule has 0 aromatic carbocycles. The van der Waals surface area contributed by atoms with E-state index in [1.54, 1.807) is 6.07 Å². The molecular formula is C12H17N3O2. The van der Waals surface area contributed by atoms with Gasteiger partial charge in [-0.2, -0.15) is 0 Å². The quantitative estimate of drug-likeness (QED) is 0.867.